The summed E-state index contributed by atoms with van der Waals surface area (Å²) < 4.78 is 34.8. The van der Waals surface area contributed by atoms with Crippen LogP contribution in [0.2, 0.25) is 10.0 Å². The number of halogens is 2. The van der Waals surface area contributed by atoms with Crippen LogP contribution in [0, 0.1) is 13.8 Å². The number of carbonyl (C=O) groups is 2. The predicted molar refractivity (Wildman–Crippen MR) is 168 cm³/mol. The molecule has 0 bridgehead atoms. The van der Waals surface area contributed by atoms with Gasteiger partial charge in [0.2, 0.25) is 11.8 Å². The summed E-state index contributed by atoms with van der Waals surface area (Å²) in [5.41, 5.74) is 2.44. The van der Waals surface area contributed by atoms with Crippen molar-refractivity contribution in [3.05, 3.63) is 87.4 Å². The molecule has 0 saturated heterocycles. The van der Waals surface area contributed by atoms with Gasteiger partial charge in [-0.15, -0.1) is 0 Å². The number of carbonyl (C=O) groups excluding carboxylic acids is 2. The third-order valence-electron chi connectivity index (χ3n) is 6.78. The minimum absolute atomic E-state index is 0.0180. The minimum atomic E-state index is -4.24. The molecular formula is C31H37Cl2N3O5S. The zero-order chi connectivity index (χ0) is 31.0. The molecule has 2 amide bonds. The monoisotopic (exact) mass is 633 g/mol. The van der Waals surface area contributed by atoms with Crippen LogP contribution in [-0.4, -0.2) is 51.4 Å². The number of anilines is 1. The highest BCUT2D eigenvalue weighted by Gasteiger charge is 2.35. The van der Waals surface area contributed by atoms with Gasteiger partial charge in [-0.25, -0.2) is 8.42 Å². The van der Waals surface area contributed by atoms with E-state index in [2.05, 4.69) is 5.32 Å². The van der Waals surface area contributed by atoms with E-state index in [1.165, 1.54) is 24.1 Å². The van der Waals surface area contributed by atoms with E-state index in [1.54, 1.807) is 55.5 Å². The van der Waals surface area contributed by atoms with Crippen LogP contribution in [0.3, 0.4) is 0 Å². The number of nitrogens with one attached hydrogen (secondary N) is 1. The molecule has 1 atom stereocenters. The highest BCUT2D eigenvalue weighted by molar-refractivity contribution is 7.92. The van der Waals surface area contributed by atoms with E-state index < -0.39 is 28.5 Å². The number of amides is 2. The molecule has 1 N–H and O–H groups in total. The van der Waals surface area contributed by atoms with Crippen LogP contribution in [-0.2, 0) is 26.2 Å². The van der Waals surface area contributed by atoms with E-state index in [0.29, 0.717) is 28.6 Å². The van der Waals surface area contributed by atoms with E-state index in [1.807, 2.05) is 20.8 Å². The van der Waals surface area contributed by atoms with Crippen molar-refractivity contribution in [2.45, 2.75) is 58.0 Å². The van der Waals surface area contributed by atoms with Crippen LogP contribution >= 0.6 is 23.2 Å². The standard InChI is InChI=1S/C31H37Cl2N3O5S/c1-6-16-34-31(38)27(7-2)35(19-23-11-12-24(32)18-26(23)33)30(37)20-36(28-17-22(4)10-15-29(28)41-5)42(39,40)25-13-8-21(3)9-14-25/h8-15,17-18,27H,6-7,16,19-20H2,1-5H3,(H,34,38). The minimum Gasteiger partial charge on any atom is -0.495 e. The Morgan fingerprint density at radius 1 is 0.952 bits per heavy atom. The molecule has 11 heteroatoms. The number of benzene rings is 3. The molecule has 0 radical (unpaired) electrons. The van der Waals surface area contributed by atoms with Crippen molar-refractivity contribution in [1.82, 2.24) is 10.2 Å². The van der Waals surface area contributed by atoms with Crippen molar-refractivity contribution in [3.63, 3.8) is 0 Å². The maximum Gasteiger partial charge on any atom is 0.264 e. The molecule has 42 heavy (non-hydrogen) atoms. The Hall–Kier alpha value is -3.27. The molecule has 3 rings (SSSR count). The molecule has 0 fully saturated rings. The van der Waals surface area contributed by atoms with E-state index in [9.17, 15) is 18.0 Å². The van der Waals surface area contributed by atoms with E-state index in [4.69, 9.17) is 27.9 Å². The van der Waals surface area contributed by atoms with Crippen LogP contribution in [0.25, 0.3) is 0 Å². The first-order valence-electron chi connectivity index (χ1n) is 13.7. The lowest BCUT2D eigenvalue weighted by Gasteiger charge is -2.33. The van der Waals surface area contributed by atoms with Gasteiger partial charge in [0.25, 0.3) is 10.0 Å². The number of aryl methyl sites for hydroxylation is 2. The van der Waals surface area contributed by atoms with Gasteiger partial charge in [-0.05, 0) is 74.2 Å². The van der Waals surface area contributed by atoms with Gasteiger partial charge in [-0.3, -0.25) is 13.9 Å². The normalized spacial score (nSPS) is 12.0. The Morgan fingerprint density at radius 2 is 1.62 bits per heavy atom. The summed E-state index contributed by atoms with van der Waals surface area (Å²) in [5.74, 6) is -0.637. The Morgan fingerprint density at radius 3 is 2.21 bits per heavy atom. The summed E-state index contributed by atoms with van der Waals surface area (Å²) in [5, 5.41) is 3.62. The van der Waals surface area contributed by atoms with Gasteiger partial charge >= 0.3 is 0 Å². The van der Waals surface area contributed by atoms with Crippen LogP contribution < -0.4 is 14.4 Å². The van der Waals surface area contributed by atoms with Crippen LogP contribution in [0.1, 0.15) is 43.4 Å². The molecule has 0 aliphatic rings. The third-order valence-corrected chi connectivity index (χ3v) is 9.14. The molecule has 0 heterocycles. The second-order valence-electron chi connectivity index (χ2n) is 9.97. The van der Waals surface area contributed by atoms with Crippen molar-refractivity contribution in [1.29, 1.82) is 0 Å². The topological polar surface area (TPSA) is 96.0 Å². The molecule has 3 aromatic rings. The average Bonchev–Trinajstić information content (AvgIpc) is 2.95. The van der Waals surface area contributed by atoms with E-state index in [-0.39, 0.29) is 28.8 Å². The lowest BCUT2D eigenvalue weighted by atomic mass is 10.1. The number of methoxy groups -OCH3 is 1. The molecule has 0 aliphatic carbocycles. The fourth-order valence-corrected chi connectivity index (χ4v) is 6.35. The number of nitrogens with zero attached hydrogens (tertiary/aromatic N) is 2. The van der Waals surface area contributed by atoms with Crippen LogP contribution in [0.4, 0.5) is 5.69 Å². The van der Waals surface area contributed by atoms with Crippen LogP contribution in [0.5, 0.6) is 5.75 Å². The highest BCUT2D eigenvalue weighted by Crippen LogP contribution is 2.34. The second-order valence-corrected chi connectivity index (χ2v) is 12.7. The van der Waals surface area contributed by atoms with E-state index >= 15 is 0 Å². The summed E-state index contributed by atoms with van der Waals surface area (Å²) in [6.45, 7) is 7.23. The zero-order valence-electron chi connectivity index (χ0n) is 24.5. The van der Waals surface area contributed by atoms with Gasteiger partial charge in [0.15, 0.2) is 0 Å². The second kappa shape index (κ2) is 14.8. The molecule has 1 unspecified atom stereocenters. The summed E-state index contributed by atoms with van der Waals surface area (Å²) in [4.78, 5) is 28.9. The molecule has 8 nitrogen and oxygen atoms in total. The predicted octanol–water partition coefficient (Wildman–Crippen LogP) is 6.15. The summed E-state index contributed by atoms with van der Waals surface area (Å²) in [7, 11) is -2.80. The van der Waals surface area contributed by atoms with Crippen LogP contribution in [0.15, 0.2) is 65.6 Å². The van der Waals surface area contributed by atoms with Gasteiger partial charge in [0.05, 0.1) is 17.7 Å². The number of ether oxygens (including phenoxy) is 1. The SMILES string of the molecule is CCCNC(=O)C(CC)N(Cc1ccc(Cl)cc1Cl)C(=O)CN(c1cc(C)ccc1OC)S(=O)(=O)c1ccc(C)cc1. The number of hydrogen-bond acceptors (Lipinski definition) is 5. The lowest BCUT2D eigenvalue weighted by molar-refractivity contribution is -0.140. The van der Waals surface area contributed by atoms with Crippen molar-refractivity contribution < 1.29 is 22.7 Å². The summed E-state index contributed by atoms with van der Waals surface area (Å²) in [6.07, 6.45) is 1.01. The first kappa shape index (κ1) is 33.2. The van der Waals surface area contributed by atoms with Crippen molar-refractivity contribution in [2.24, 2.45) is 0 Å². The Balaban J connectivity index is 2.14. The molecule has 0 saturated carbocycles. The number of hydrogen-bond donors (Lipinski definition) is 1. The molecule has 0 spiro atoms. The Kier molecular flexibility index (Phi) is 11.7. The van der Waals surface area contributed by atoms with Crippen molar-refractivity contribution >= 4 is 50.7 Å². The molecule has 226 valence electrons. The van der Waals surface area contributed by atoms with Crippen molar-refractivity contribution in [3.8, 4) is 5.75 Å². The molecule has 0 aliphatic heterocycles. The summed E-state index contributed by atoms with van der Waals surface area (Å²) >= 11 is 12.6. The van der Waals surface area contributed by atoms with Gasteiger partial charge in [-0.1, -0.05) is 66.9 Å². The third kappa shape index (κ3) is 7.96. The smallest absolute Gasteiger partial charge is 0.264 e. The lowest BCUT2D eigenvalue weighted by Crippen LogP contribution is -2.52. The molecule has 3 aromatic carbocycles. The first-order valence-corrected chi connectivity index (χ1v) is 15.9. The Bertz CT molecular complexity index is 1510. The quantitative estimate of drug-likeness (QED) is 0.244. The molecule has 0 aromatic heterocycles. The van der Waals surface area contributed by atoms with Gasteiger partial charge in [0.1, 0.15) is 18.3 Å². The van der Waals surface area contributed by atoms with Gasteiger partial charge in [0, 0.05) is 23.1 Å². The first-order chi connectivity index (χ1) is 19.9. The maximum absolute atomic E-state index is 14.2. The van der Waals surface area contributed by atoms with Gasteiger partial charge in [-0.2, -0.15) is 0 Å². The highest BCUT2D eigenvalue weighted by atomic mass is 35.5. The number of rotatable bonds is 13. The van der Waals surface area contributed by atoms with Crippen molar-refractivity contribution in [2.75, 3.05) is 24.5 Å². The average molecular weight is 635 g/mol. The molecular weight excluding hydrogens is 597 g/mol. The fraction of sp³-hybridized carbons (Fsp3) is 0.355. The Labute approximate surface area is 258 Å². The zero-order valence-corrected chi connectivity index (χ0v) is 26.8. The maximum atomic E-state index is 14.2. The largest absolute Gasteiger partial charge is 0.495 e. The van der Waals surface area contributed by atoms with E-state index in [0.717, 1.165) is 21.9 Å². The summed E-state index contributed by atoms with van der Waals surface area (Å²) in [6, 6.07) is 15.5. The van der Waals surface area contributed by atoms with Gasteiger partial charge < -0.3 is 15.0 Å². The fourth-order valence-electron chi connectivity index (χ4n) is 4.46. The number of sulfonamides is 1.